The molecule has 0 aromatic carbocycles. The van der Waals surface area contributed by atoms with E-state index in [2.05, 4.69) is 11.7 Å². The molecule has 0 radical (unpaired) electrons. The van der Waals surface area contributed by atoms with Crippen molar-refractivity contribution in [2.45, 2.75) is 109 Å². The highest BCUT2D eigenvalue weighted by molar-refractivity contribution is 7.86. The Morgan fingerprint density at radius 1 is 0.833 bits per heavy atom. The van der Waals surface area contributed by atoms with Gasteiger partial charge < -0.3 is 4.74 Å². The molecular formula is C18H36O5S. The maximum absolute atomic E-state index is 11.4. The molecule has 0 bridgehead atoms. The van der Waals surface area contributed by atoms with Gasteiger partial charge in [-0.3, -0.25) is 9.35 Å². The van der Waals surface area contributed by atoms with Crippen LogP contribution in [-0.2, 0) is 19.6 Å². The quantitative estimate of drug-likeness (QED) is 0.230. The molecule has 0 saturated carbocycles. The first-order valence-electron chi connectivity index (χ1n) is 9.53. The molecule has 0 aromatic rings. The summed E-state index contributed by atoms with van der Waals surface area (Å²) in [7, 11) is -4.30. The van der Waals surface area contributed by atoms with Crippen LogP contribution in [0.1, 0.15) is 104 Å². The molecule has 24 heavy (non-hydrogen) atoms. The number of hydrogen-bond donors (Lipinski definition) is 1. The van der Waals surface area contributed by atoms with Crippen LogP contribution in [0.3, 0.4) is 0 Å². The molecule has 0 spiro atoms. The molecule has 1 N–H and O–H groups in total. The molecule has 0 heterocycles. The van der Waals surface area contributed by atoms with Crippen molar-refractivity contribution in [1.82, 2.24) is 0 Å². The van der Waals surface area contributed by atoms with E-state index in [1.54, 1.807) is 0 Å². The summed E-state index contributed by atoms with van der Waals surface area (Å²) in [5.41, 5.74) is -1.48. The minimum Gasteiger partial charge on any atom is -0.444 e. The van der Waals surface area contributed by atoms with Crippen molar-refractivity contribution in [2.75, 3.05) is 0 Å². The molecule has 5 nitrogen and oxygen atoms in total. The predicted molar refractivity (Wildman–Crippen MR) is 97.4 cm³/mol. The Balaban J connectivity index is 3.32. The maximum atomic E-state index is 11.4. The van der Waals surface area contributed by atoms with Gasteiger partial charge in [0.1, 0.15) is 0 Å². The normalized spacial score (nSPS) is 13.0. The van der Waals surface area contributed by atoms with E-state index in [-0.39, 0.29) is 6.42 Å². The Labute approximate surface area is 148 Å². The zero-order valence-electron chi connectivity index (χ0n) is 15.5. The molecule has 0 aromatic heterocycles. The number of hydrogen-bond acceptors (Lipinski definition) is 4. The molecule has 0 aliphatic rings. The van der Waals surface area contributed by atoms with E-state index in [1.165, 1.54) is 64.2 Å². The molecular weight excluding hydrogens is 328 g/mol. The molecule has 6 heteroatoms. The average Bonchev–Trinajstić information content (AvgIpc) is 2.51. The fourth-order valence-electron chi connectivity index (χ4n) is 2.59. The van der Waals surface area contributed by atoms with Crippen LogP contribution < -0.4 is 0 Å². The van der Waals surface area contributed by atoms with Gasteiger partial charge in [-0.1, -0.05) is 84.0 Å². The maximum Gasteiger partial charge on any atom is 0.307 e. The highest BCUT2D eigenvalue weighted by Gasteiger charge is 2.21. The second-order valence-electron chi connectivity index (χ2n) is 6.57. The molecule has 144 valence electrons. The average molecular weight is 365 g/mol. The third-order valence-corrected chi connectivity index (χ3v) is 5.14. The van der Waals surface area contributed by atoms with Crippen molar-refractivity contribution in [2.24, 2.45) is 0 Å². The molecule has 1 atom stereocenters. The lowest BCUT2D eigenvalue weighted by Crippen LogP contribution is -2.23. The summed E-state index contributed by atoms with van der Waals surface area (Å²) in [5.74, 6) is -0.566. The fourth-order valence-corrected chi connectivity index (χ4v) is 2.82. The Morgan fingerprint density at radius 2 is 1.21 bits per heavy atom. The molecule has 0 saturated heterocycles. The number of esters is 1. The lowest BCUT2D eigenvalue weighted by molar-refractivity contribution is -0.145. The van der Waals surface area contributed by atoms with Crippen molar-refractivity contribution in [3.05, 3.63) is 0 Å². The Hall–Kier alpha value is -0.620. The van der Waals surface area contributed by atoms with Crippen LogP contribution in [-0.4, -0.2) is 24.4 Å². The van der Waals surface area contributed by atoms with Crippen LogP contribution in [0.15, 0.2) is 0 Å². The summed E-state index contributed by atoms with van der Waals surface area (Å²) in [4.78, 5) is 11.4. The van der Waals surface area contributed by atoms with Gasteiger partial charge in [-0.15, -0.1) is 0 Å². The predicted octanol–water partition coefficient (Wildman–Crippen LogP) is 5.24. The van der Waals surface area contributed by atoms with Crippen molar-refractivity contribution >= 4 is 16.1 Å². The number of rotatable bonds is 16. The standard InChI is InChI=1S/C18H36O5S/c1-3-4-5-6-7-8-9-10-11-12-13-14-15-16-18(19)23-17(2)24(20,21)22/h17H,3-16H2,1-2H3,(H,20,21,22). The van der Waals surface area contributed by atoms with Gasteiger partial charge in [0.2, 0.25) is 5.44 Å². The molecule has 0 fully saturated rings. The SMILES string of the molecule is CCCCCCCCCCCCCCCC(=O)OC(C)S(=O)(=O)O. The van der Waals surface area contributed by atoms with E-state index in [9.17, 15) is 13.2 Å². The van der Waals surface area contributed by atoms with Gasteiger partial charge in [0.15, 0.2) is 0 Å². The van der Waals surface area contributed by atoms with Gasteiger partial charge in [0.05, 0.1) is 0 Å². The van der Waals surface area contributed by atoms with E-state index in [0.717, 1.165) is 19.8 Å². The smallest absolute Gasteiger partial charge is 0.307 e. The van der Waals surface area contributed by atoms with Crippen LogP contribution in [0, 0.1) is 0 Å². The van der Waals surface area contributed by atoms with Gasteiger partial charge in [-0.25, -0.2) is 0 Å². The van der Waals surface area contributed by atoms with E-state index in [0.29, 0.717) is 6.42 Å². The summed E-state index contributed by atoms with van der Waals surface area (Å²) in [5, 5.41) is 0. The van der Waals surface area contributed by atoms with E-state index in [1.807, 2.05) is 0 Å². The first-order valence-corrected chi connectivity index (χ1v) is 11.0. The minimum atomic E-state index is -4.30. The number of carbonyl (C=O) groups excluding carboxylic acids is 1. The topological polar surface area (TPSA) is 80.7 Å². The number of carbonyl (C=O) groups is 1. The van der Waals surface area contributed by atoms with Crippen LogP contribution >= 0.6 is 0 Å². The molecule has 0 amide bonds. The lowest BCUT2D eigenvalue weighted by Gasteiger charge is -2.09. The number of unbranched alkanes of at least 4 members (excludes halogenated alkanes) is 12. The Bertz CT molecular complexity index is 406. The van der Waals surface area contributed by atoms with E-state index < -0.39 is 21.5 Å². The van der Waals surface area contributed by atoms with Gasteiger partial charge >= 0.3 is 16.1 Å². The third kappa shape index (κ3) is 14.9. The van der Waals surface area contributed by atoms with Crippen LogP contribution in [0.4, 0.5) is 0 Å². The first-order chi connectivity index (χ1) is 11.4. The highest BCUT2D eigenvalue weighted by Crippen LogP contribution is 2.13. The lowest BCUT2D eigenvalue weighted by atomic mass is 10.0. The zero-order valence-corrected chi connectivity index (χ0v) is 16.3. The summed E-state index contributed by atoms with van der Waals surface area (Å²) in [6, 6.07) is 0. The largest absolute Gasteiger partial charge is 0.444 e. The zero-order chi connectivity index (χ0) is 18.3. The Kier molecular flexibility index (Phi) is 14.3. The summed E-state index contributed by atoms with van der Waals surface area (Å²) in [6.45, 7) is 3.39. The van der Waals surface area contributed by atoms with Crippen LogP contribution in [0.25, 0.3) is 0 Å². The first kappa shape index (κ1) is 23.4. The minimum absolute atomic E-state index is 0.206. The summed E-state index contributed by atoms with van der Waals surface area (Å²) < 4.78 is 34.8. The van der Waals surface area contributed by atoms with Crippen molar-refractivity contribution in [3.8, 4) is 0 Å². The van der Waals surface area contributed by atoms with Crippen LogP contribution in [0.5, 0.6) is 0 Å². The van der Waals surface area contributed by atoms with E-state index >= 15 is 0 Å². The van der Waals surface area contributed by atoms with Crippen molar-refractivity contribution < 1.29 is 22.5 Å². The second kappa shape index (κ2) is 14.7. The van der Waals surface area contributed by atoms with Gasteiger partial charge in [0.25, 0.3) is 0 Å². The molecule has 0 aliphatic carbocycles. The van der Waals surface area contributed by atoms with Crippen molar-refractivity contribution in [3.63, 3.8) is 0 Å². The number of ether oxygens (including phenoxy) is 1. The van der Waals surface area contributed by atoms with Gasteiger partial charge in [-0.05, 0) is 13.3 Å². The van der Waals surface area contributed by atoms with Gasteiger partial charge in [-0.2, -0.15) is 8.42 Å². The van der Waals surface area contributed by atoms with E-state index in [4.69, 9.17) is 4.55 Å². The van der Waals surface area contributed by atoms with Crippen molar-refractivity contribution in [1.29, 1.82) is 0 Å². The fraction of sp³-hybridized carbons (Fsp3) is 0.944. The summed E-state index contributed by atoms with van der Waals surface area (Å²) >= 11 is 0. The second-order valence-corrected chi connectivity index (χ2v) is 8.26. The summed E-state index contributed by atoms with van der Waals surface area (Å²) in [6.07, 6.45) is 16.1. The third-order valence-electron chi connectivity index (χ3n) is 4.20. The highest BCUT2D eigenvalue weighted by atomic mass is 32.2. The molecule has 0 aliphatic heterocycles. The monoisotopic (exact) mass is 364 g/mol. The van der Waals surface area contributed by atoms with Gasteiger partial charge in [0, 0.05) is 6.42 Å². The van der Waals surface area contributed by atoms with Crippen LogP contribution in [0.2, 0.25) is 0 Å². The molecule has 0 rings (SSSR count). The Morgan fingerprint density at radius 3 is 1.58 bits per heavy atom. The molecule has 1 unspecified atom stereocenters.